The highest BCUT2D eigenvalue weighted by atomic mass is 19.4. The Morgan fingerprint density at radius 2 is 0.931 bits per heavy atom. The fourth-order valence-electron chi connectivity index (χ4n) is 1.31. The number of ether oxygens (including phenoxy) is 1. The Morgan fingerprint density at radius 3 is 1.24 bits per heavy atom. The first-order valence-electron chi connectivity index (χ1n) is 6.20. The molecule has 0 aromatic heterocycles. The molecule has 0 fully saturated rings. The van der Waals surface area contributed by atoms with Crippen LogP contribution >= 0.6 is 0 Å². The van der Waals surface area contributed by atoms with E-state index < -0.39 is 61.1 Å². The molecule has 0 rings (SSSR count). The van der Waals surface area contributed by atoms with Crippen LogP contribution in [0.15, 0.2) is 0 Å². The van der Waals surface area contributed by atoms with Crippen LogP contribution in [0.2, 0.25) is 0 Å². The van der Waals surface area contributed by atoms with Gasteiger partial charge >= 0.3 is 48.3 Å². The number of halogens is 18. The van der Waals surface area contributed by atoms with Crippen LogP contribution in [0.3, 0.4) is 0 Å². The third-order valence-corrected chi connectivity index (χ3v) is 2.97. The Balaban J connectivity index is 5.92. The Labute approximate surface area is 146 Å². The number of hydrogen-bond donors (Lipinski definition) is 0. The normalized spacial score (nSPS) is 17.1. The molecule has 19 heteroatoms. The summed E-state index contributed by atoms with van der Waals surface area (Å²) >= 11 is 0. The van der Waals surface area contributed by atoms with Crippen molar-refractivity contribution in [3.8, 4) is 0 Å². The van der Waals surface area contributed by atoms with Crippen molar-refractivity contribution in [3.05, 3.63) is 0 Å². The highest BCUT2D eigenvalue weighted by Crippen LogP contribution is 2.58. The lowest BCUT2D eigenvalue weighted by Gasteiger charge is -2.39. The van der Waals surface area contributed by atoms with Gasteiger partial charge in [-0.25, -0.2) is 13.2 Å². The van der Waals surface area contributed by atoms with E-state index in [9.17, 15) is 79.0 Å². The standard InChI is InChI=1S/C10H4F18O/c11-2(6(18,19)20)7(21,22)29-1-4(14,15)8(23,24)10(27,28)9(25,26)5(16,17)3(12)13/h2-3H,1H2. The lowest BCUT2D eigenvalue weighted by Crippen LogP contribution is -2.69. The zero-order valence-corrected chi connectivity index (χ0v) is 12.6. The third-order valence-electron chi connectivity index (χ3n) is 2.97. The molecular formula is C10H4F18O. The molecule has 0 aromatic rings. The van der Waals surface area contributed by atoms with Gasteiger partial charge in [-0.15, -0.1) is 0 Å². The molecule has 0 saturated heterocycles. The molecule has 0 bridgehead atoms. The second kappa shape index (κ2) is 7.44. The summed E-state index contributed by atoms with van der Waals surface area (Å²) in [6.07, 6.45) is -24.3. The van der Waals surface area contributed by atoms with E-state index in [-0.39, 0.29) is 0 Å². The minimum atomic E-state index is -8.10. The average Bonchev–Trinajstić information content (AvgIpc) is 2.50. The van der Waals surface area contributed by atoms with Crippen molar-refractivity contribution in [1.29, 1.82) is 0 Å². The van der Waals surface area contributed by atoms with E-state index >= 15 is 0 Å². The molecule has 0 aromatic carbocycles. The Hall–Kier alpha value is -1.30. The fourth-order valence-corrected chi connectivity index (χ4v) is 1.31. The van der Waals surface area contributed by atoms with E-state index in [2.05, 4.69) is 4.74 Å². The minimum Gasteiger partial charge on any atom is -0.311 e. The third kappa shape index (κ3) is 4.57. The van der Waals surface area contributed by atoms with E-state index in [4.69, 9.17) is 0 Å². The van der Waals surface area contributed by atoms with E-state index in [0.717, 1.165) is 0 Å². The highest BCUT2D eigenvalue weighted by Gasteiger charge is 2.88. The smallest absolute Gasteiger partial charge is 0.311 e. The minimum absolute atomic E-state index is 2.14. The molecule has 0 aliphatic carbocycles. The van der Waals surface area contributed by atoms with Gasteiger partial charge in [0.2, 0.25) is 0 Å². The monoisotopic (exact) mass is 482 g/mol. The van der Waals surface area contributed by atoms with Crippen molar-refractivity contribution in [2.75, 3.05) is 6.61 Å². The number of hydrogen-bond acceptors (Lipinski definition) is 1. The van der Waals surface area contributed by atoms with Crippen molar-refractivity contribution in [3.63, 3.8) is 0 Å². The van der Waals surface area contributed by atoms with Crippen molar-refractivity contribution < 1.29 is 83.8 Å². The largest absolute Gasteiger partial charge is 0.428 e. The first-order chi connectivity index (χ1) is 12.3. The van der Waals surface area contributed by atoms with Gasteiger partial charge in [-0.2, -0.15) is 65.9 Å². The maximum atomic E-state index is 13.1. The number of alkyl halides is 18. The zero-order valence-electron chi connectivity index (χ0n) is 12.6. The van der Waals surface area contributed by atoms with Gasteiger partial charge in [-0.3, -0.25) is 0 Å². The molecule has 176 valence electrons. The summed E-state index contributed by atoms with van der Waals surface area (Å²) in [5, 5.41) is 0. The first-order valence-corrected chi connectivity index (χ1v) is 6.20. The average molecular weight is 482 g/mol. The molecule has 0 radical (unpaired) electrons. The van der Waals surface area contributed by atoms with E-state index in [1.165, 1.54) is 0 Å². The second-order valence-corrected chi connectivity index (χ2v) is 5.11. The van der Waals surface area contributed by atoms with Crippen molar-refractivity contribution in [2.24, 2.45) is 0 Å². The summed E-state index contributed by atoms with van der Waals surface area (Å²) in [7, 11) is 0. The second-order valence-electron chi connectivity index (χ2n) is 5.11. The maximum absolute atomic E-state index is 13.1. The molecule has 0 aliphatic rings. The van der Waals surface area contributed by atoms with E-state index in [1.54, 1.807) is 0 Å². The Morgan fingerprint density at radius 1 is 0.552 bits per heavy atom. The summed E-state index contributed by atoms with van der Waals surface area (Å²) in [6.45, 7) is -4.05. The molecular weight excluding hydrogens is 478 g/mol. The molecule has 1 nitrogen and oxygen atoms in total. The summed E-state index contributed by atoms with van der Waals surface area (Å²) < 4.78 is 227. The quantitative estimate of drug-likeness (QED) is 0.370. The van der Waals surface area contributed by atoms with Crippen LogP contribution in [0, 0.1) is 0 Å². The van der Waals surface area contributed by atoms with Crippen LogP contribution in [0.5, 0.6) is 0 Å². The van der Waals surface area contributed by atoms with Crippen LogP contribution in [0.4, 0.5) is 79.0 Å². The van der Waals surface area contributed by atoms with E-state index in [0.29, 0.717) is 0 Å². The molecule has 1 unspecified atom stereocenters. The summed E-state index contributed by atoms with van der Waals surface area (Å²) in [4.78, 5) is 0. The van der Waals surface area contributed by atoms with Gasteiger partial charge in [0.05, 0.1) is 0 Å². The predicted molar refractivity (Wildman–Crippen MR) is 52.6 cm³/mol. The fraction of sp³-hybridized carbons (Fsp3) is 1.00. The van der Waals surface area contributed by atoms with Gasteiger partial charge in [0.25, 0.3) is 6.17 Å². The molecule has 0 aliphatic heterocycles. The highest BCUT2D eigenvalue weighted by molar-refractivity contribution is 5.09. The van der Waals surface area contributed by atoms with Gasteiger partial charge in [0.1, 0.15) is 6.61 Å². The van der Waals surface area contributed by atoms with Gasteiger partial charge in [-0.1, -0.05) is 0 Å². The molecule has 29 heavy (non-hydrogen) atoms. The SMILES string of the molecule is FC(C(F)(F)F)C(F)(F)OCC(F)(F)C(F)(F)C(F)(F)C(F)(F)C(F)(F)C(F)F. The number of rotatable bonds is 9. The van der Waals surface area contributed by atoms with Crippen LogP contribution in [-0.2, 0) is 4.74 Å². The summed E-state index contributed by atoms with van der Waals surface area (Å²) in [6, 6.07) is 0. The topological polar surface area (TPSA) is 9.23 Å². The Kier molecular flexibility index (Phi) is 7.10. The molecule has 0 amide bonds. The van der Waals surface area contributed by atoms with Gasteiger partial charge in [0.15, 0.2) is 0 Å². The lowest BCUT2D eigenvalue weighted by atomic mass is 9.94. The molecule has 0 N–H and O–H groups in total. The molecule has 0 heterocycles. The van der Waals surface area contributed by atoms with Crippen molar-refractivity contribution >= 4 is 0 Å². The van der Waals surface area contributed by atoms with Crippen LogP contribution < -0.4 is 0 Å². The van der Waals surface area contributed by atoms with Gasteiger partial charge < -0.3 is 4.74 Å². The Bertz CT molecular complexity index is 561. The van der Waals surface area contributed by atoms with Crippen LogP contribution in [0.25, 0.3) is 0 Å². The molecule has 0 saturated carbocycles. The molecule has 1 atom stereocenters. The van der Waals surface area contributed by atoms with Crippen LogP contribution in [0.1, 0.15) is 0 Å². The van der Waals surface area contributed by atoms with Crippen LogP contribution in [-0.4, -0.2) is 61.1 Å². The summed E-state index contributed by atoms with van der Waals surface area (Å²) in [5.74, 6) is -38.4. The molecule has 0 spiro atoms. The van der Waals surface area contributed by atoms with Gasteiger partial charge in [0, 0.05) is 0 Å². The van der Waals surface area contributed by atoms with Crippen molar-refractivity contribution in [2.45, 2.75) is 54.5 Å². The summed E-state index contributed by atoms with van der Waals surface area (Å²) in [5.41, 5.74) is 0. The zero-order chi connectivity index (χ0) is 24.1. The lowest BCUT2D eigenvalue weighted by molar-refractivity contribution is -0.423. The van der Waals surface area contributed by atoms with Crippen molar-refractivity contribution in [1.82, 2.24) is 0 Å². The predicted octanol–water partition coefficient (Wildman–Crippen LogP) is 5.94. The first kappa shape index (κ1) is 27.7. The maximum Gasteiger partial charge on any atom is 0.428 e. The van der Waals surface area contributed by atoms with E-state index in [1.807, 2.05) is 0 Å². The van der Waals surface area contributed by atoms with Gasteiger partial charge in [-0.05, 0) is 0 Å².